The molecule has 1 aliphatic rings. The van der Waals surface area contributed by atoms with Crippen molar-refractivity contribution in [2.45, 2.75) is 25.7 Å². The van der Waals surface area contributed by atoms with Crippen LogP contribution in [0.15, 0.2) is 16.6 Å². The second-order valence-corrected chi connectivity index (χ2v) is 4.87. The monoisotopic (exact) mass is 250 g/mol. The van der Waals surface area contributed by atoms with Crippen LogP contribution in [0.25, 0.3) is 11.0 Å². The second kappa shape index (κ2) is 2.83. The molecule has 1 saturated carbocycles. The molecule has 3 heteroatoms. The fourth-order valence-electron chi connectivity index (χ4n) is 1.71. The van der Waals surface area contributed by atoms with Gasteiger partial charge in [0, 0.05) is 10.4 Å². The molecule has 1 heterocycles. The first kappa shape index (κ1) is 8.48. The first-order valence-electron chi connectivity index (χ1n) is 4.90. The maximum absolute atomic E-state index is 4.59. The van der Waals surface area contributed by atoms with E-state index in [9.17, 15) is 0 Å². The first-order valence-corrected chi connectivity index (χ1v) is 5.69. The van der Waals surface area contributed by atoms with Gasteiger partial charge >= 0.3 is 0 Å². The summed E-state index contributed by atoms with van der Waals surface area (Å²) >= 11 is 3.52. The van der Waals surface area contributed by atoms with Gasteiger partial charge in [-0.15, -0.1) is 0 Å². The van der Waals surface area contributed by atoms with E-state index in [1.807, 2.05) is 0 Å². The standard InChI is InChI=1S/C11H11BrN2/c1-6-4-9-10(5-8(6)12)14-11(13-9)7-2-3-7/h4-5,7H,2-3H2,1H3,(H,13,14). The lowest BCUT2D eigenvalue weighted by Crippen LogP contribution is -1.79. The van der Waals surface area contributed by atoms with E-state index in [1.54, 1.807) is 0 Å². The third-order valence-electron chi connectivity index (χ3n) is 2.74. The highest BCUT2D eigenvalue weighted by molar-refractivity contribution is 9.10. The van der Waals surface area contributed by atoms with Crippen LogP contribution >= 0.6 is 15.9 Å². The van der Waals surface area contributed by atoms with Gasteiger partial charge in [-0.05, 0) is 37.5 Å². The summed E-state index contributed by atoms with van der Waals surface area (Å²) in [6, 6.07) is 4.24. The van der Waals surface area contributed by atoms with Crippen molar-refractivity contribution in [1.82, 2.24) is 9.97 Å². The number of benzene rings is 1. The van der Waals surface area contributed by atoms with Gasteiger partial charge in [0.15, 0.2) is 0 Å². The predicted molar refractivity (Wildman–Crippen MR) is 60.5 cm³/mol. The van der Waals surface area contributed by atoms with Gasteiger partial charge < -0.3 is 4.98 Å². The van der Waals surface area contributed by atoms with E-state index in [0.29, 0.717) is 5.92 Å². The Balaban J connectivity index is 2.22. The van der Waals surface area contributed by atoms with Crippen molar-refractivity contribution in [3.63, 3.8) is 0 Å². The first-order chi connectivity index (χ1) is 6.74. The predicted octanol–water partition coefficient (Wildman–Crippen LogP) is 3.51. The fourth-order valence-corrected chi connectivity index (χ4v) is 2.04. The van der Waals surface area contributed by atoms with Crippen molar-refractivity contribution in [3.05, 3.63) is 28.0 Å². The molecule has 0 saturated heterocycles. The van der Waals surface area contributed by atoms with E-state index in [1.165, 1.54) is 18.4 Å². The number of aryl methyl sites for hydroxylation is 1. The van der Waals surface area contributed by atoms with Crippen LogP contribution in [-0.4, -0.2) is 9.97 Å². The minimum absolute atomic E-state index is 0.696. The van der Waals surface area contributed by atoms with Gasteiger partial charge in [0.2, 0.25) is 0 Å². The minimum Gasteiger partial charge on any atom is -0.342 e. The molecule has 1 fully saturated rings. The van der Waals surface area contributed by atoms with Gasteiger partial charge in [-0.25, -0.2) is 4.98 Å². The Kier molecular flexibility index (Phi) is 1.71. The number of nitrogens with zero attached hydrogens (tertiary/aromatic N) is 1. The van der Waals surface area contributed by atoms with Crippen molar-refractivity contribution >= 4 is 27.0 Å². The molecule has 2 aromatic rings. The Morgan fingerprint density at radius 2 is 2.21 bits per heavy atom. The van der Waals surface area contributed by atoms with Crippen molar-refractivity contribution < 1.29 is 0 Å². The van der Waals surface area contributed by atoms with E-state index >= 15 is 0 Å². The van der Waals surface area contributed by atoms with E-state index < -0.39 is 0 Å². The lowest BCUT2D eigenvalue weighted by atomic mass is 10.2. The summed E-state index contributed by atoms with van der Waals surface area (Å²) in [7, 11) is 0. The Morgan fingerprint density at radius 3 is 2.93 bits per heavy atom. The molecule has 1 aliphatic carbocycles. The second-order valence-electron chi connectivity index (χ2n) is 4.01. The zero-order valence-electron chi connectivity index (χ0n) is 7.97. The molecular formula is C11H11BrN2. The van der Waals surface area contributed by atoms with Crippen LogP contribution in [0.4, 0.5) is 0 Å². The Bertz CT molecular complexity index is 458. The summed E-state index contributed by atoms with van der Waals surface area (Å²) in [6.07, 6.45) is 2.58. The Morgan fingerprint density at radius 1 is 1.43 bits per heavy atom. The smallest absolute Gasteiger partial charge is 0.110 e. The summed E-state index contributed by atoms with van der Waals surface area (Å²) in [5.74, 6) is 1.86. The van der Waals surface area contributed by atoms with Gasteiger partial charge in [-0.3, -0.25) is 0 Å². The molecule has 0 atom stereocenters. The average molecular weight is 251 g/mol. The molecule has 14 heavy (non-hydrogen) atoms. The molecule has 1 N–H and O–H groups in total. The van der Waals surface area contributed by atoms with E-state index in [-0.39, 0.29) is 0 Å². The zero-order valence-corrected chi connectivity index (χ0v) is 9.56. The number of aromatic nitrogens is 2. The number of imidazole rings is 1. The third-order valence-corrected chi connectivity index (χ3v) is 3.60. The molecule has 0 radical (unpaired) electrons. The summed E-state index contributed by atoms with van der Waals surface area (Å²) in [6.45, 7) is 2.10. The maximum atomic E-state index is 4.59. The number of rotatable bonds is 1. The van der Waals surface area contributed by atoms with Crippen LogP contribution in [0.5, 0.6) is 0 Å². The van der Waals surface area contributed by atoms with E-state index in [4.69, 9.17) is 0 Å². The number of H-pyrrole nitrogens is 1. The lowest BCUT2D eigenvalue weighted by molar-refractivity contribution is 0.986. The molecule has 0 spiro atoms. The molecule has 3 rings (SSSR count). The minimum atomic E-state index is 0.696. The number of hydrogen-bond acceptors (Lipinski definition) is 1. The van der Waals surface area contributed by atoms with Crippen molar-refractivity contribution in [2.75, 3.05) is 0 Å². The number of hydrogen-bond donors (Lipinski definition) is 1. The van der Waals surface area contributed by atoms with Crippen LogP contribution in [-0.2, 0) is 0 Å². The van der Waals surface area contributed by atoms with Crippen molar-refractivity contribution in [1.29, 1.82) is 0 Å². The molecule has 2 nitrogen and oxygen atoms in total. The van der Waals surface area contributed by atoms with Crippen molar-refractivity contribution in [2.24, 2.45) is 0 Å². The van der Waals surface area contributed by atoms with Crippen LogP contribution in [0.2, 0.25) is 0 Å². The van der Waals surface area contributed by atoms with Crippen LogP contribution in [0.3, 0.4) is 0 Å². The lowest BCUT2D eigenvalue weighted by Gasteiger charge is -1.95. The zero-order chi connectivity index (χ0) is 9.71. The quantitative estimate of drug-likeness (QED) is 0.825. The molecule has 0 amide bonds. The Labute approximate surface area is 90.9 Å². The molecular weight excluding hydrogens is 240 g/mol. The highest BCUT2D eigenvalue weighted by atomic mass is 79.9. The van der Waals surface area contributed by atoms with Gasteiger partial charge in [0.05, 0.1) is 11.0 Å². The largest absolute Gasteiger partial charge is 0.342 e. The Hall–Kier alpha value is -0.830. The number of nitrogens with one attached hydrogen (secondary N) is 1. The summed E-state index contributed by atoms with van der Waals surface area (Å²) in [5, 5.41) is 0. The van der Waals surface area contributed by atoms with Gasteiger partial charge in [-0.2, -0.15) is 0 Å². The maximum Gasteiger partial charge on any atom is 0.110 e. The highest BCUT2D eigenvalue weighted by Crippen LogP contribution is 2.39. The molecule has 1 aromatic carbocycles. The van der Waals surface area contributed by atoms with E-state index in [0.717, 1.165) is 21.3 Å². The van der Waals surface area contributed by atoms with Crippen molar-refractivity contribution in [3.8, 4) is 0 Å². The number of aromatic amines is 1. The third kappa shape index (κ3) is 1.27. The van der Waals surface area contributed by atoms with Gasteiger partial charge in [0.25, 0.3) is 0 Å². The highest BCUT2D eigenvalue weighted by Gasteiger charge is 2.26. The molecule has 0 bridgehead atoms. The fraction of sp³-hybridized carbons (Fsp3) is 0.364. The average Bonchev–Trinajstić information content (AvgIpc) is 2.90. The number of fused-ring (bicyclic) bond motifs is 1. The van der Waals surface area contributed by atoms with Gasteiger partial charge in [0.1, 0.15) is 5.82 Å². The molecule has 0 unspecified atom stereocenters. The summed E-state index contributed by atoms with van der Waals surface area (Å²) < 4.78 is 1.14. The number of halogens is 1. The van der Waals surface area contributed by atoms with E-state index in [2.05, 4.69) is 45.0 Å². The van der Waals surface area contributed by atoms with Crippen LogP contribution in [0, 0.1) is 6.92 Å². The normalized spacial score (nSPS) is 16.4. The SMILES string of the molecule is Cc1cc2[nH]c(C3CC3)nc2cc1Br. The van der Waals surface area contributed by atoms with Gasteiger partial charge in [-0.1, -0.05) is 15.9 Å². The van der Waals surface area contributed by atoms with Crippen LogP contribution < -0.4 is 0 Å². The molecule has 0 aliphatic heterocycles. The molecule has 72 valence electrons. The summed E-state index contributed by atoms with van der Waals surface area (Å²) in [4.78, 5) is 7.98. The van der Waals surface area contributed by atoms with Crippen LogP contribution in [0.1, 0.15) is 30.1 Å². The molecule has 1 aromatic heterocycles. The topological polar surface area (TPSA) is 28.7 Å². The summed E-state index contributed by atoms with van der Waals surface area (Å²) in [5.41, 5.74) is 3.49.